The van der Waals surface area contributed by atoms with Crippen molar-refractivity contribution in [3.63, 3.8) is 0 Å². The molecule has 1 unspecified atom stereocenters. The summed E-state index contributed by atoms with van der Waals surface area (Å²) >= 11 is 0. The molecule has 0 aliphatic rings. The van der Waals surface area contributed by atoms with Gasteiger partial charge in [0.1, 0.15) is 11.5 Å². The molecule has 7 heteroatoms. The van der Waals surface area contributed by atoms with Crippen LogP contribution in [-0.2, 0) is 19.8 Å². The van der Waals surface area contributed by atoms with E-state index in [1.807, 2.05) is 38.1 Å². The third-order valence-electron chi connectivity index (χ3n) is 6.09. The van der Waals surface area contributed by atoms with Gasteiger partial charge in [-0.05, 0) is 68.3 Å². The maximum absolute atomic E-state index is 12.9. The van der Waals surface area contributed by atoms with Gasteiger partial charge in [0, 0.05) is 21.8 Å². The summed E-state index contributed by atoms with van der Waals surface area (Å²) in [7, 11) is 0.225. The summed E-state index contributed by atoms with van der Waals surface area (Å²) in [6, 6.07) is 20.6. The molecule has 0 radical (unpaired) electrons. The van der Waals surface area contributed by atoms with Crippen LogP contribution in [0, 0.1) is 0 Å². The van der Waals surface area contributed by atoms with Gasteiger partial charge in [-0.1, -0.05) is 24.3 Å². The van der Waals surface area contributed by atoms with Crippen LogP contribution >= 0.6 is 7.60 Å². The lowest BCUT2D eigenvalue weighted by molar-refractivity contribution is 0.219. The maximum Gasteiger partial charge on any atom is 0.335 e. The van der Waals surface area contributed by atoms with Gasteiger partial charge in [-0.3, -0.25) is 4.57 Å². The number of methoxy groups -OCH3 is 2. The minimum Gasteiger partial charge on any atom is -0.497 e. The zero-order chi connectivity index (χ0) is 24.3. The number of aromatic nitrogens is 1. The Morgan fingerprint density at radius 3 is 1.74 bits per heavy atom. The SMILES string of the molecule is CCOP(=O)(Cc1ccc(C(C)n2c3ccc(OC)cc3c3cc(OC)ccc32)cc1)OCC. The van der Waals surface area contributed by atoms with E-state index in [2.05, 4.69) is 47.9 Å². The smallest absolute Gasteiger partial charge is 0.335 e. The molecule has 1 heterocycles. The number of ether oxygens (including phenoxy) is 2. The molecule has 0 spiro atoms. The zero-order valence-electron chi connectivity index (χ0n) is 20.4. The van der Waals surface area contributed by atoms with Crippen LogP contribution in [0.15, 0.2) is 60.7 Å². The third-order valence-corrected chi connectivity index (χ3v) is 8.15. The number of rotatable bonds is 10. The second-order valence-electron chi connectivity index (χ2n) is 8.16. The van der Waals surface area contributed by atoms with Crippen LogP contribution in [0.5, 0.6) is 11.5 Å². The Balaban J connectivity index is 1.74. The molecule has 3 aromatic carbocycles. The van der Waals surface area contributed by atoms with E-state index in [9.17, 15) is 4.57 Å². The average molecular weight is 482 g/mol. The molecule has 0 bridgehead atoms. The molecule has 34 heavy (non-hydrogen) atoms. The minimum atomic E-state index is -3.14. The summed E-state index contributed by atoms with van der Waals surface area (Å²) in [6.45, 7) is 6.56. The number of nitrogens with zero attached hydrogens (tertiary/aromatic N) is 1. The molecule has 0 saturated carbocycles. The Bertz CT molecular complexity index is 1260. The third kappa shape index (κ3) is 4.72. The normalized spacial score (nSPS) is 12.9. The van der Waals surface area contributed by atoms with E-state index in [-0.39, 0.29) is 12.2 Å². The summed E-state index contributed by atoms with van der Waals surface area (Å²) in [6.07, 6.45) is 0.262. The van der Waals surface area contributed by atoms with Gasteiger partial charge in [-0.2, -0.15) is 0 Å². The molecule has 6 nitrogen and oxygen atoms in total. The average Bonchev–Trinajstić information content (AvgIpc) is 3.17. The lowest BCUT2D eigenvalue weighted by Crippen LogP contribution is -2.07. The van der Waals surface area contributed by atoms with Crippen LogP contribution in [0.1, 0.15) is 37.9 Å². The highest BCUT2D eigenvalue weighted by atomic mass is 31.2. The summed E-state index contributed by atoms with van der Waals surface area (Å²) in [4.78, 5) is 0. The number of benzene rings is 3. The van der Waals surface area contributed by atoms with Gasteiger partial charge in [0.25, 0.3) is 0 Å². The summed E-state index contributed by atoms with van der Waals surface area (Å²) < 4.78 is 37.1. The van der Waals surface area contributed by atoms with E-state index in [4.69, 9.17) is 18.5 Å². The molecular weight excluding hydrogens is 449 g/mol. The fourth-order valence-corrected chi connectivity index (χ4v) is 6.18. The first-order valence-corrected chi connectivity index (χ1v) is 13.3. The van der Waals surface area contributed by atoms with Crippen LogP contribution < -0.4 is 9.47 Å². The fourth-order valence-electron chi connectivity index (χ4n) is 4.48. The minimum absolute atomic E-state index is 0.0708. The molecular formula is C27H32NO5P. The standard InChI is InChI=1S/C27H32NO5P/c1-6-32-34(29,33-7-2)18-20-8-10-21(11-9-20)19(3)28-26-14-12-22(30-4)16-24(26)25-17-23(31-5)13-15-27(25)28/h8-17,19H,6-7,18H2,1-5H3. The quantitative estimate of drug-likeness (QED) is 0.224. The van der Waals surface area contributed by atoms with Crippen LogP contribution in [0.4, 0.5) is 0 Å². The Morgan fingerprint density at radius 2 is 1.29 bits per heavy atom. The predicted molar refractivity (Wildman–Crippen MR) is 137 cm³/mol. The fraction of sp³-hybridized carbons (Fsp3) is 0.333. The van der Waals surface area contributed by atoms with E-state index in [0.29, 0.717) is 13.2 Å². The van der Waals surface area contributed by atoms with Crippen molar-refractivity contribution >= 4 is 29.4 Å². The van der Waals surface area contributed by atoms with E-state index in [1.165, 1.54) is 0 Å². The number of hydrogen-bond donors (Lipinski definition) is 0. The molecule has 4 rings (SSSR count). The highest BCUT2D eigenvalue weighted by molar-refractivity contribution is 7.53. The summed E-state index contributed by atoms with van der Waals surface area (Å²) in [5, 5.41) is 2.23. The first-order chi connectivity index (χ1) is 16.4. The summed E-state index contributed by atoms with van der Waals surface area (Å²) in [5.41, 5.74) is 4.32. The van der Waals surface area contributed by atoms with Crippen molar-refractivity contribution in [2.45, 2.75) is 33.0 Å². The topological polar surface area (TPSA) is 58.9 Å². The maximum atomic E-state index is 12.9. The van der Waals surface area contributed by atoms with Crippen LogP contribution in [0.2, 0.25) is 0 Å². The van der Waals surface area contributed by atoms with E-state index in [1.54, 1.807) is 14.2 Å². The Labute approximate surface area is 200 Å². The Morgan fingerprint density at radius 1 is 0.794 bits per heavy atom. The van der Waals surface area contributed by atoms with E-state index < -0.39 is 7.60 Å². The molecule has 1 atom stereocenters. The second-order valence-corrected chi connectivity index (χ2v) is 10.2. The molecule has 180 valence electrons. The van der Waals surface area contributed by atoms with Crippen molar-refractivity contribution in [2.75, 3.05) is 27.4 Å². The molecule has 0 aliphatic carbocycles. The largest absolute Gasteiger partial charge is 0.497 e. The predicted octanol–water partition coefficient (Wildman–Crippen LogP) is 7.19. The summed E-state index contributed by atoms with van der Waals surface area (Å²) in [5.74, 6) is 1.64. The second kappa shape index (κ2) is 10.2. The molecule has 0 amide bonds. The number of hydrogen-bond acceptors (Lipinski definition) is 5. The van der Waals surface area contributed by atoms with Crippen LogP contribution in [0.3, 0.4) is 0 Å². The molecule has 1 aromatic heterocycles. The van der Waals surface area contributed by atoms with Gasteiger partial charge in [0.15, 0.2) is 0 Å². The zero-order valence-corrected chi connectivity index (χ0v) is 21.3. The monoisotopic (exact) mass is 481 g/mol. The molecule has 0 N–H and O–H groups in total. The number of fused-ring (bicyclic) bond motifs is 3. The highest BCUT2D eigenvalue weighted by Crippen LogP contribution is 2.51. The van der Waals surface area contributed by atoms with Gasteiger partial charge in [-0.15, -0.1) is 0 Å². The van der Waals surface area contributed by atoms with Crippen LogP contribution in [0.25, 0.3) is 21.8 Å². The first kappa shape index (κ1) is 24.3. The van der Waals surface area contributed by atoms with Crippen molar-refractivity contribution in [1.82, 2.24) is 4.57 Å². The van der Waals surface area contributed by atoms with Gasteiger partial charge in [0.2, 0.25) is 0 Å². The van der Waals surface area contributed by atoms with E-state index in [0.717, 1.165) is 44.4 Å². The van der Waals surface area contributed by atoms with E-state index >= 15 is 0 Å². The Hall–Kier alpha value is -2.79. The van der Waals surface area contributed by atoms with Crippen molar-refractivity contribution in [2.24, 2.45) is 0 Å². The van der Waals surface area contributed by atoms with Crippen molar-refractivity contribution < 1.29 is 23.1 Å². The van der Waals surface area contributed by atoms with Crippen molar-refractivity contribution in [3.8, 4) is 11.5 Å². The van der Waals surface area contributed by atoms with Gasteiger partial charge in [0.05, 0.1) is 39.6 Å². The Kier molecular flexibility index (Phi) is 7.32. The molecule has 4 aromatic rings. The molecule has 0 fully saturated rings. The van der Waals surface area contributed by atoms with Crippen LogP contribution in [-0.4, -0.2) is 32.0 Å². The van der Waals surface area contributed by atoms with Gasteiger partial charge in [-0.25, -0.2) is 0 Å². The molecule has 0 aliphatic heterocycles. The van der Waals surface area contributed by atoms with Crippen molar-refractivity contribution in [1.29, 1.82) is 0 Å². The lowest BCUT2D eigenvalue weighted by Gasteiger charge is -2.19. The molecule has 0 saturated heterocycles. The lowest BCUT2D eigenvalue weighted by atomic mass is 10.1. The van der Waals surface area contributed by atoms with Crippen molar-refractivity contribution in [3.05, 3.63) is 71.8 Å². The van der Waals surface area contributed by atoms with Gasteiger partial charge >= 0.3 is 7.60 Å². The van der Waals surface area contributed by atoms with Gasteiger partial charge < -0.3 is 23.1 Å². The first-order valence-electron chi connectivity index (χ1n) is 11.6. The highest BCUT2D eigenvalue weighted by Gasteiger charge is 2.24.